The minimum atomic E-state index is -0.157. The van der Waals surface area contributed by atoms with Crippen molar-refractivity contribution in [3.63, 3.8) is 0 Å². The summed E-state index contributed by atoms with van der Waals surface area (Å²) in [5.74, 6) is 1.25. The van der Waals surface area contributed by atoms with Crippen LogP contribution in [0, 0.1) is 6.92 Å². The third kappa shape index (κ3) is 3.74. The van der Waals surface area contributed by atoms with Crippen LogP contribution in [0.15, 0.2) is 72.5 Å². The van der Waals surface area contributed by atoms with Gasteiger partial charge in [0.1, 0.15) is 18.1 Å². The molecular formula is C23H17ClO3. The molecule has 0 unspecified atom stereocenters. The zero-order valence-electron chi connectivity index (χ0n) is 14.7. The number of Topliss-reactive ketones (excluding diaryl/α,β-unsaturated/α-hetero) is 1. The number of aryl methyl sites for hydroxylation is 1. The molecule has 3 aromatic carbocycles. The average Bonchev–Trinajstić information content (AvgIpc) is 2.98. The quantitative estimate of drug-likeness (QED) is 0.536. The van der Waals surface area contributed by atoms with E-state index in [1.165, 1.54) is 5.56 Å². The summed E-state index contributed by atoms with van der Waals surface area (Å²) in [5.41, 5.74) is 3.56. The number of fused-ring (bicyclic) bond motifs is 1. The molecule has 27 heavy (non-hydrogen) atoms. The van der Waals surface area contributed by atoms with Crippen molar-refractivity contribution >= 4 is 23.5 Å². The van der Waals surface area contributed by atoms with Crippen molar-refractivity contribution in [1.29, 1.82) is 0 Å². The van der Waals surface area contributed by atoms with Gasteiger partial charge in [-0.1, -0.05) is 59.6 Å². The van der Waals surface area contributed by atoms with Gasteiger partial charge in [-0.25, -0.2) is 0 Å². The van der Waals surface area contributed by atoms with Gasteiger partial charge in [0.05, 0.1) is 5.56 Å². The molecule has 0 spiro atoms. The highest BCUT2D eigenvalue weighted by atomic mass is 35.5. The topological polar surface area (TPSA) is 35.5 Å². The molecule has 134 valence electrons. The van der Waals surface area contributed by atoms with E-state index in [4.69, 9.17) is 21.1 Å². The number of halogens is 1. The van der Waals surface area contributed by atoms with Crippen LogP contribution in [0.1, 0.15) is 27.0 Å². The van der Waals surface area contributed by atoms with Crippen molar-refractivity contribution in [2.24, 2.45) is 0 Å². The molecule has 0 saturated heterocycles. The summed E-state index contributed by atoms with van der Waals surface area (Å²) in [4.78, 5) is 12.6. The number of rotatable bonds is 4. The summed E-state index contributed by atoms with van der Waals surface area (Å²) in [6, 6.07) is 20.7. The maximum absolute atomic E-state index is 12.6. The van der Waals surface area contributed by atoms with Crippen molar-refractivity contribution in [2.75, 3.05) is 0 Å². The molecule has 3 nitrogen and oxygen atoms in total. The van der Waals surface area contributed by atoms with Crippen LogP contribution < -0.4 is 9.47 Å². The normalized spacial score (nSPS) is 14.1. The predicted octanol–water partition coefficient (Wildman–Crippen LogP) is 5.84. The maximum Gasteiger partial charge on any atom is 0.231 e. The van der Waals surface area contributed by atoms with E-state index in [0.29, 0.717) is 28.7 Å². The Balaban J connectivity index is 1.52. The van der Waals surface area contributed by atoms with Gasteiger partial charge in [-0.2, -0.15) is 0 Å². The molecule has 4 rings (SSSR count). The predicted molar refractivity (Wildman–Crippen MR) is 106 cm³/mol. The van der Waals surface area contributed by atoms with Gasteiger partial charge in [0.15, 0.2) is 5.76 Å². The molecular weight excluding hydrogens is 360 g/mol. The Hall–Kier alpha value is -3.04. The summed E-state index contributed by atoms with van der Waals surface area (Å²) < 4.78 is 11.6. The van der Waals surface area contributed by atoms with Crippen LogP contribution in [-0.2, 0) is 6.61 Å². The number of benzene rings is 3. The number of allylic oxidation sites excluding steroid dienone is 1. The van der Waals surface area contributed by atoms with Gasteiger partial charge in [0.2, 0.25) is 5.78 Å². The first-order chi connectivity index (χ1) is 13.1. The fraction of sp³-hybridized carbons (Fsp3) is 0.0870. The molecule has 1 aliphatic rings. The zero-order chi connectivity index (χ0) is 18.8. The Bertz CT molecular complexity index is 1040. The van der Waals surface area contributed by atoms with Crippen LogP contribution in [-0.4, -0.2) is 5.78 Å². The molecule has 1 heterocycles. The van der Waals surface area contributed by atoms with E-state index in [-0.39, 0.29) is 11.5 Å². The van der Waals surface area contributed by atoms with Gasteiger partial charge in [0.25, 0.3) is 0 Å². The van der Waals surface area contributed by atoms with Crippen LogP contribution in [0.2, 0.25) is 5.02 Å². The van der Waals surface area contributed by atoms with Crippen LogP contribution in [0.3, 0.4) is 0 Å². The molecule has 3 aromatic rings. The summed E-state index contributed by atoms with van der Waals surface area (Å²) in [7, 11) is 0. The first-order valence-corrected chi connectivity index (χ1v) is 8.99. The lowest BCUT2D eigenvalue weighted by Crippen LogP contribution is -1.98. The lowest BCUT2D eigenvalue weighted by atomic mass is 10.1. The highest BCUT2D eigenvalue weighted by Gasteiger charge is 2.27. The van der Waals surface area contributed by atoms with Gasteiger partial charge in [0, 0.05) is 11.1 Å². The van der Waals surface area contributed by atoms with Crippen molar-refractivity contribution in [1.82, 2.24) is 0 Å². The Morgan fingerprint density at radius 2 is 1.81 bits per heavy atom. The molecule has 1 aliphatic heterocycles. The summed E-state index contributed by atoms with van der Waals surface area (Å²) in [6.07, 6.45) is 1.66. The van der Waals surface area contributed by atoms with Crippen molar-refractivity contribution in [3.05, 3.63) is 99.8 Å². The molecule has 0 bridgehead atoms. The van der Waals surface area contributed by atoms with Gasteiger partial charge in [-0.15, -0.1) is 0 Å². The Morgan fingerprint density at radius 3 is 2.59 bits per heavy atom. The second kappa shape index (κ2) is 7.29. The van der Waals surface area contributed by atoms with Gasteiger partial charge < -0.3 is 9.47 Å². The third-order valence-electron chi connectivity index (χ3n) is 4.36. The Morgan fingerprint density at radius 1 is 1.04 bits per heavy atom. The van der Waals surface area contributed by atoms with E-state index in [1.54, 1.807) is 30.3 Å². The minimum absolute atomic E-state index is 0.157. The molecule has 0 aliphatic carbocycles. The molecule has 0 N–H and O–H groups in total. The molecule has 0 radical (unpaired) electrons. The van der Waals surface area contributed by atoms with Crippen LogP contribution in [0.5, 0.6) is 11.5 Å². The number of hydrogen-bond acceptors (Lipinski definition) is 3. The Kier molecular flexibility index (Phi) is 4.69. The van der Waals surface area contributed by atoms with E-state index < -0.39 is 0 Å². The largest absolute Gasteiger partial charge is 0.489 e. The highest BCUT2D eigenvalue weighted by Crippen LogP contribution is 2.35. The number of ether oxygens (including phenoxy) is 2. The van der Waals surface area contributed by atoms with E-state index in [0.717, 1.165) is 11.1 Å². The molecule has 0 fully saturated rings. The number of hydrogen-bond donors (Lipinski definition) is 0. The van der Waals surface area contributed by atoms with Crippen molar-refractivity contribution in [3.8, 4) is 11.5 Å². The fourth-order valence-corrected chi connectivity index (χ4v) is 3.03. The summed E-state index contributed by atoms with van der Waals surface area (Å²) in [5, 5.41) is 0.569. The van der Waals surface area contributed by atoms with Gasteiger partial charge in [-0.05, 0) is 42.3 Å². The van der Waals surface area contributed by atoms with Crippen LogP contribution in [0.25, 0.3) is 6.08 Å². The molecule has 0 amide bonds. The second-order valence-electron chi connectivity index (χ2n) is 6.39. The molecule has 0 aromatic heterocycles. The number of ketones is 1. The second-order valence-corrected chi connectivity index (χ2v) is 6.80. The first-order valence-electron chi connectivity index (χ1n) is 8.61. The van der Waals surface area contributed by atoms with E-state index in [2.05, 4.69) is 12.1 Å². The first kappa shape index (κ1) is 17.4. The third-order valence-corrected chi connectivity index (χ3v) is 4.70. The fourth-order valence-electron chi connectivity index (χ4n) is 2.84. The standard InChI is InChI=1S/C23H17ClO3/c1-15-6-8-16(9-7-15)14-26-18-10-11-19-21(13-18)27-22(23(19)25)12-17-4-2-3-5-20(17)24/h2-13H,14H2,1H3/b22-12-. The van der Waals surface area contributed by atoms with E-state index >= 15 is 0 Å². The Labute approximate surface area is 162 Å². The minimum Gasteiger partial charge on any atom is -0.489 e. The monoisotopic (exact) mass is 376 g/mol. The summed E-state index contributed by atoms with van der Waals surface area (Å²) in [6.45, 7) is 2.50. The lowest BCUT2D eigenvalue weighted by Gasteiger charge is -2.07. The van der Waals surface area contributed by atoms with Crippen LogP contribution >= 0.6 is 11.6 Å². The molecule has 4 heteroatoms. The number of carbonyl (C=O) groups excluding carboxylic acids is 1. The summed E-state index contributed by atoms with van der Waals surface area (Å²) >= 11 is 6.16. The average molecular weight is 377 g/mol. The van der Waals surface area contributed by atoms with Gasteiger partial charge in [-0.3, -0.25) is 4.79 Å². The van der Waals surface area contributed by atoms with E-state index in [9.17, 15) is 4.79 Å². The number of carbonyl (C=O) groups is 1. The van der Waals surface area contributed by atoms with E-state index in [1.807, 2.05) is 37.3 Å². The zero-order valence-corrected chi connectivity index (χ0v) is 15.5. The SMILES string of the molecule is Cc1ccc(COc2ccc3c(c2)O/C(=C\c2ccccc2Cl)C3=O)cc1. The molecule has 0 saturated carbocycles. The maximum atomic E-state index is 12.6. The van der Waals surface area contributed by atoms with Crippen molar-refractivity contribution < 1.29 is 14.3 Å². The van der Waals surface area contributed by atoms with Crippen molar-refractivity contribution in [2.45, 2.75) is 13.5 Å². The molecule has 0 atom stereocenters. The van der Waals surface area contributed by atoms with Crippen LogP contribution in [0.4, 0.5) is 0 Å². The lowest BCUT2D eigenvalue weighted by molar-refractivity contribution is 0.101. The highest BCUT2D eigenvalue weighted by molar-refractivity contribution is 6.32. The van der Waals surface area contributed by atoms with Gasteiger partial charge >= 0.3 is 0 Å². The smallest absolute Gasteiger partial charge is 0.231 e.